The van der Waals surface area contributed by atoms with E-state index in [-0.39, 0.29) is 0 Å². The van der Waals surface area contributed by atoms with Crippen LogP contribution in [0.1, 0.15) is 49.7 Å². The average Bonchev–Trinajstić information content (AvgIpc) is 3.22. The van der Waals surface area contributed by atoms with Gasteiger partial charge >= 0.3 is 0 Å². The van der Waals surface area contributed by atoms with Crippen LogP contribution in [-0.4, -0.2) is 37.1 Å². The number of fused-ring (bicyclic) bond motifs is 1. The van der Waals surface area contributed by atoms with Gasteiger partial charge in [0.05, 0.1) is 0 Å². The predicted molar refractivity (Wildman–Crippen MR) is 92.2 cm³/mol. The van der Waals surface area contributed by atoms with E-state index in [1.807, 2.05) is 0 Å². The fourth-order valence-electron chi connectivity index (χ4n) is 5.09. The molecule has 0 amide bonds. The Hall–Kier alpha value is -0.860. The van der Waals surface area contributed by atoms with Gasteiger partial charge in [-0.3, -0.25) is 0 Å². The summed E-state index contributed by atoms with van der Waals surface area (Å²) in [5.41, 5.74) is 3.11. The molecule has 0 unspecified atom stereocenters. The Kier molecular flexibility index (Phi) is 4.23. The van der Waals surface area contributed by atoms with Crippen molar-refractivity contribution in [2.75, 3.05) is 26.2 Å². The van der Waals surface area contributed by atoms with Crippen molar-refractivity contribution in [3.05, 3.63) is 35.4 Å². The van der Waals surface area contributed by atoms with E-state index in [0.717, 1.165) is 23.8 Å². The third-order valence-electron chi connectivity index (χ3n) is 6.54. The van der Waals surface area contributed by atoms with Crippen LogP contribution in [0.4, 0.5) is 0 Å². The van der Waals surface area contributed by atoms with Gasteiger partial charge in [0.15, 0.2) is 0 Å². The van der Waals surface area contributed by atoms with Gasteiger partial charge in [0.25, 0.3) is 0 Å². The first-order valence-electron chi connectivity index (χ1n) is 9.35. The minimum atomic E-state index is 0.796. The summed E-state index contributed by atoms with van der Waals surface area (Å²) in [6.45, 7) is 7.41. The fourth-order valence-corrected chi connectivity index (χ4v) is 5.09. The Morgan fingerprint density at radius 3 is 2.73 bits per heavy atom. The maximum atomic E-state index is 3.59. The van der Waals surface area contributed by atoms with Crippen LogP contribution in [0.25, 0.3) is 0 Å². The van der Waals surface area contributed by atoms with Crippen LogP contribution in [0, 0.1) is 11.8 Å². The molecule has 0 radical (unpaired) electrons. The quantitative estimate of drug-likeness (QED) is 0.916. The third-order valence-corrected chi connectivity index (χ3v) is 6.54. The van der Waals surface area contributed by atoms with E-state index in [9.17, 15) is 0 Å². The van der Waals surface area contributed by atoms with E-state index >= 15 is 0 Å². The molecule has 2 heteroatoms. The molecular formula is C20H30N2. The first-order chi connectivity index (χ1) is 10.8. The molecule has 1 saturated carbocycles. The van der Waals surface area contributed by atoms with E-state index < -0.39 is 0 Å². The maximum Gasteiger partial charge on any atom is 0.00675 e. The summed E-state index contributed by atoms with van der Waals surface area (Å²) in [5.74, 6) is 2.66. The predicted octanol–water partition coefficient (Wildman–Crippen LogP) is 3.43. The Bertz CT molecular complexity index is 495. The first-order valence-corrected chi connectivity index (χ1v) is 9.35. The van der Waals surface area contributed by atoms with Crippen LogP contribution >= 0.6 is 0 Å². The molecule has 0 aromatic heterocycles. The summed E-state index contributed by atoms with van der Waals surface area (Å²) in [5, 5.41) is 3.59. The van der Waals surface area contributed by atoms with Crippen molar-refractivity contribution in [1.29, 1.82) is 0 Å². The van der Waals surface area contributed by atoms with Gasteiger partial charge in [0, 0.05) is 12.6 Å². The lowest BCUT2D eigenvalue weighted by atomic mass is 9.86. The second-order valence-electron chi connectivity index (χ2n) is 7.78. The first kappa shape index (κ1) is 14.7. The van der Waals surface area contributed by atoms with Crippen LogP contribution < -0.4 is 5.32 Å². The van der Waals surface area contributed by atoms with Gasteiger partial charge in [0.1, 0.15) is 0 Å². The van der Waals surface area contributed by atoms with Gasteiger partial charge in [-0.2, -0.15) is 0 Å². The summed E-state index contributed by atoms with van der Waals surface area (Å²) >= 11 is 0. The Morgan fingerprint density at radius 1 is 1.09 bits per heavy atom. The number of nitrogens with one attached hydrogen (secondary N) is 1. The highest BCUT2D eigenvalue weighted by Gasteiger charge is 2.39. The summed E-state index contributed by atoms with van der Waals surface area (Å²) in [6, 6.07) is 10.4. The van der Waals surface area contributed by atoms with Crippen LogP contribution in [0.2, 0.25) is 0 Å². The van der Waals surface area contributed by atoms with Crippen molar-refractivity contribution < 1.29 is 0 Å². The van der Waals surface area contributed by atoms with E-state index in [0.29, 0.717) is 0 Å². The molecule has 3 fully saturated rings. The molecule has 3 aliphatic rings. The zero-order valence-corrected chi connectivity index (χ0v) is 13.9. The minimum Gasteiger partial charge on any atom is -0.316 e. The molecule has 1 aromatic rings. The molecule has 0 spiro atoms. The lowest BCUT2D eigenvalue weighted by Crippen LogP contribution is -2.28. The Morgan fingerprint density at radius 2 is 1.95 bits per heavy atom. The van der Waals surface area contributed by atoms with Crippen LogP contribution in [0.5, 0.6) is 0 Å². The van der Waals surface area contributed by atoms with Crippen molar-refractivity contribution >= 4 is 0 Å². The van der Waals surface area contributed by atoms with Crippen molar-refractivity contribution in [2.45, 2.75) is 51.0 Å². The van der Waals surface area contributed by atoms with Gasteiger partial charge in [-0.05, 0) is 87.5 Å². The zero-order valence-electron chi connectivity index (χ0n) is 13.9. The van der Waals surface area contributed by atoms with Gasteiger partial charge in [-0.25, -0.2) is 0 Å². The molecule has 0 bridgehead atoms. The molecule has 2 heterocycles. The number of likely N-dealkylation sites (tertiary alicyclic amines) is 1. The largest absolute Gasteiger partial charge is 0.316 e. The second-order valence-corrected chi connectivity index (χ2v) is 7.78. The van der Waals surface area contributed by atoms with Crippen LogP contribution in [0.3, 0.4) is 0 Å². The van der Waals surface area contributed by atoms with E-state index in [2.05, 4.69) is 41.4 Å². The minimum absolute atomic E-state index is 0.796. The standard InChI is InChI=1S/C20H30N2/c1-15-3-2-11-22(15)12-10-16-4-6-17(7-5-16)19-9-8-18-13-21-14-20(18)19/h4-7,15,18-21H,2-3,8-14H2,1H3/t15-,18-,19+,20+/m1/s1. The smallest absolute Gasteiger partial charge is 0.00675 e. The number of hydrogen-bond donors (Lipinski definition) is 1. The van der Waals surface area contributed by atoms with Crippen molar-refractivity contribution in [3.63, 3.8) is 0 Å². The molecule has 1 aromatic carbocycles. The summed E-state index contributed by atoms with van der Waals surface area (Å²) in [6.07, 6.45) is 6.82. The number of hydrogen-bond acceptors (Lipinski definition) is 2. The second kappa shape index (κ2) is 6.33. The monoisotopic (exact) mass is 298 g/mol. The molecule has 120 valence electrons. The molecule has 1 N–H and O–H groups in total. The third kappa shape index (κ3) is 2.83. The highest BCUT2D eigenvalue weighted by molar-refractivity contribution is 5.27. The highest BCUT2D eigenvalue weighted by Crippen LogP contribution is 2.45. The maximum absolute atomic E-state index is 3.59. The van der Waals surface area contributed by atoms with Crippen molar-refractivity contribution in [1.82, 2.24) is 10.2 Å². The molecule has 4 rings (SSSR count). The van der Waals surface area contributed by atoms with E-state index in [1.54, 1.807) is 5.56 Å². The fraction of sp³-hybridized carbons (Fsp3) is 0.700. The van der Waals surface area contributed by atoms with Gasteiger partial charge in [-0.15, -0.1) is 0 Å². The lowest BCUT2D eigenvalue weighted by Gasteiger charge is -2.21. The van der Waals surface area contributed by atoms with Gasteiger partial charge in [-0.1, -0.05) is 24.3 Å². The van der Waals surface area contributed by atoms with Gasteiger partial charge < -0.3 is 10.2 Å². The molecule has 2 aliphatic heterocycles. The topological polar surface area (TPSA) is 15.3 Å². The number of nitrogens with zero attached hydrogens (tertiary/aromatic N) is 1. The molecular weight excluding hydrogens is 268 g/mol. The molecule has 22 heavy (non-hydrogen) atoms. The van der Waals surface area contributed by atoms with E-state index in [4.69, 9.17) is 0 Å². The highest BCUT2D eigenvalue weighted by atomic mass is 15.2. The summed E-state index contributed by atoms with van der Waals surface area (Å²) in [4.78, 5) is 2.65. The van der Waals surface area contributed by atoms with Crippen LogP contribution in [-0.2, 0) is 6.42 Å². The SMILES string of the molecule is C[C@@H]1CCCN1CCc1ccc([C@@H]2CC[C@@H]3CNC[C@@H]32)cc1. The van der Waals surface area contributed by atoms with Crippen LogP contribution in [0.15, 0.2) is 24.3 Å². The average molecular weight is 298 g/mol. The summed E-state index contributed by atoms with van der Waals surface area (Å²) in [7, 11) is 0. The van der Waals surface area contributed by atoms with Crippen molar-refractivity contribution in [3.8, 4) is 0 Å². The normalized spacial score (nSPS) is 35.1. The summed E-state index contributed by atoms with van der Waals surface area (Å²) < 4.78 is 0. The number of rotatable bonds is 4. The zero-order chi connectivity index (χ0) is 14.9. The molecule has 4 atom stereocenters. The molecule has 1 aliphatic carbocycles. The lowest BCUT2D eigenvalue weighted by molar-refractivity contribution is 0.272. The van der Waals surface area contributed by atoms with Crippen molar-refractivity contribution in [2.24, 2.45) is 11.8 Å². The van der Waals surface area contributed by atoms with E-state index in [1.165, 1.54) is 63.8 Å². The van der Waals surface area contributed by atoms with Gasteiger partial charge in [0.2, 0.25) is 0 Å². The number of benzene rings is 1. The Labute approximate surface area is 135 Å². The molecule has 2 nitrogen and oxygen atoms in total. The molecule has 2 saturated heterocycles. The Balaban J connectivity index is 1.36.